The van der Waals surface area contributed by atoms with E-state index in [9.17, 15) is 4.79 Å². The second kappa shape index (κ2) is 5.41. The average Bonchev–Trinajstić information content (AvgIpc) is 2.76. The van der Waals surface area contributed by atoms with Crippen LogP contribution in [0, 0.1) is 0 Å². The molecule has 2 nitrogen and oxygen atoms in total. The topological polar surface area (TPSA) is 30.2 Å². The summed E-state index contributed by atoms with van der Waals surface area (Å²) in [6.45, 7) is 4.29. The van der Waals surface area contributed by atoms with Crippen molar-refractivity contribution < 1.29 is 9.21 Å². The van der Waals surface area contributed by atoms with Crippen LogP contribution in [0.5, 0.6) is 0 Å². The van der Waals surface area contributed by atoms with E-state index in [0.29, 0.717) is 23.7 Å². The fourth-order valence-corrected chi connectivity index (χ4v) is 3.32. The van der Waals surface area contributed by atoms with Gasteiger partial charge in [-0.1, -0.05) is 13.8 Å². The van der Waals surface area contributed by atoms with Crippen LogP contribution in [-0.4, -0.2) is 6.29 Å². The summed E-state index contributed by atoms with van der Waals surface area (Å²) in [5.74, 6) is 1.46. The molecule has 0 saturated carbocycles. The molecule has 2 rings (SSSR count). The van der Waals surface area contributed by atoms with Gasteiger partial charge in [0.25, 0.3) is 0 Å². The molecule has 0 saturated heterocycles. The van der Waals surface area contributed by atoms with Gasteiger partial charge in [0, 0.05) is 14.5 Å². The molecule has 1 aromatic carbocycles. The van der Waals surface area contributed by atoms with E-state index in [-0.39, 0.29) is 0 Å². The molecule has 0 radical (unpaired) electrons. The molecule has 0 amide bonds. The molecule has 0 fully saturated rings. The third-order valence-electron chi connectivity index (χ3n) is 2.72. The summed E-state index contributed by atoms with van der Waals surface area (Å²) in [5, 5.41) is 0. The predicted octanol–water partition coefficient (Wildman–Crippen LogP) is 5.41. The first-order valence-electron chi connectivity index (χ1n) is 5.57. The summed E-state index contributed by atoms with van der Waals surface area (Å²) in [6.07, 6.45) is 0.702. The Labute approximate surface area is 123 Å². The first kappa shape index (κ1) is 13.6. The number of furan rings is 1. The number of hydrogen-bond donors (Lipinski definition) is 0. The van der Waals surface area contributed by atoms with Crippen LogP contribution in [0.2, 0.25) is 0 Å². The monoisotopic (exact) mass is 370 g/mol. The summed E-state index contributed by atoms with van der Waals surface area (Å²) in [5.41, 5.74) is 2.16. The van der Waals surface area contributed by atoms with E-state index in [1.807, 2.05) is 0 Å². The van der Waals surface area contributed by atoms with Gasteiger partial charge >= 0.3 is 0 Å². The summed E-state index contributed by atoms with van der Waals surface area (Å²) in [7, 11) is 0. The standard InChI is InChI=1S/C14H12Br2O2/c1-8(2)9-5-11(15)14(12(16)6-9)13-4-3-10(7-17)18-13/h3-8H,1-2H3. The van der Waals surface area contributed by atoms with Gasteiger partial charge in [-0.15, -0.1) is 0 Å². The number of carbonyl (C=O) groups excluding carboxylic acids is 1. The van der Waals surface area contributed by atoms with Crippen molar-refractivity contribution in [2.75, 3.05) is 0 Å². The summed E-state index contributed by atoms with van der Waals surface area (Å²) in [4.78, 5) is 10.6. The molecular formula is C14H12Br2O2. The Morgan fingerprint density at radius 3 is 2.22 bits per heavy atom. The van der Waals surface area contributed by atoms with Crippen LogP contribution >= 0.6 is 31.9 Å². The van der Waals surface area contributed by atoms with Crippen molar-refractivity contribution in [2.45, 2.75) is 19.8 Å². The lowest BCUT2D eigenvalue weighted by Crippen LogP contribution is -1.90. The van der Waals surface area contributed by atoms with Crippen molar-refractivity contribution in [2.24, 2.45) is 0 Å². The lowest BCUT2D eigenvalue weighted by Gasteiger charge is -2.11. The van der Waals surface area contributed by atoms with Crippen molar-refractivity contribution in [1.29, 1.82) is 0 Å². The van der Waals surface area contributed by atoms with Crippen LogP contribution in [0.25, 0.3) is 11.3 Å². The van der Waals surface area contributed by atoms with E-state index in [2.05, 4.69) is 57.8 Å². The number of aldehydes is 1. The van der Waals surface area contributed by atoms with E-state index < -0.39 is 0 Å². The smallest absolute Gasteiger partial charge is 0.185 e. The SMILES string of the molecule is CC(C)c1cc(Br)c(-c2ccc(C=O)o2)c(Br)c1. The zero-order valence-electron chi connectivity index (χ0n) is 10.0. The fourth-order valence-electron chi connectivity index (χ4n) is 1.71. The molecule has 0 spiro atoms. The number of halogens is 2. The molecule has 1 aromatic heterocycles. The fraction of sp³-hybridized carbons (Fsp3) is 0.214. The molecule has 2 aromatic rings. The van der Waals surface area contributed by atoms with E-state index >= 15 is 0 Å². The highest BCUT2D eigenvalue weighted by Gasteiger charge is 2.14. The molecule has 94 valence electrons. The van der Waals surface area contributed by atoms with Gasteiger partial charge in [-0.3, -0.25) is 4.79 Å². The third-order valence-corrected chi connectivity index (χ3v) is 3.97. The molecule has 4 heteroatoms. The lowest BCUT2D eigenvalue weighted by molar-refractivity contribution is 0.110. The van der Waals surface area contributed by atoms with Crippen molar-refractivity contribution in [3.63, 3.8) is 0 Å². The van der Waals surface area contributed by atoms with Crippen LogP contribution in [0.15, 0.2) is 37.6 Å². The van der Waals surface area contributed by atoms with E-state index in [0.717, 1.165) is 14.5 Å². The largest absolute Gasteiger partial charge is 0.453 e. The minimum Gasteiger partial charge on any atom is -0.453 e. The molecule has 0 aliphatic carbocycles. The molecule has 0 unspecified atom stereocenters. The van der Waals surface area contributed by atoms with E-state index in [4.69, 9.17) is 4.42 Å². The van der Waals surface area contributed by atoms with Crippen LogP contribution < -0.4 is 0 Å². The first-order chi connectivity index (χ1) is 8.52. The maximum Gasteiger partial charge on any atom is 0.185 e. The van der Waals surface area contributed by atoms with Crippen LogP contribution in [0.1, 0.15) is 35.9 Å². The molecule has 0 aliphatic rings. The number of benzene rings is 1. The second-order valence-corrected chi connectivity index (χ2v) is 6.04. The van der Waals surface area contributed by atoms with Gasteiger partial charge in [0.1, 0.15) is 5.76 Å². The number of hydrogen-bond acceptors (Lipinski definition) is 2. The highest BCUT2D eigenvalue weighted by Crippen LogP contribution is 2.38. The van der Waals surface area contributed by atoms with Gasteiger partial charge in [0.05, 0.1) is 0 Å². The van der Waals surface area contributed by atoms with Gasteiger partial charge in [0.15, 0.2) is 12.0 Å². The molecule has 0 aliphatic heterocycles. The van der Waals surface area contributed by atoms with E-state index in [1.54, 1.807) is 12.1 Å². The molecule has 0 atom stereocenters. The first-order valence-corrected chi connectivity index (χ1v) is 7.16. The van der Waals surface area contributed by atoms with Crippen LogP contribution in [-0.2, 0) is 0 Å². The quantitative estimate of drug-likeness (QED) is 0.675. The lowest BCUT2D eigenvalue weighted by atomic mass is 10.0. The summed E-state index contributed by atoms with van der Waals surface area (Å²) in [6, 6.07) is 7.61. The third kappa shape index (κ3) is 2.59. The Kier molecular flexibility index (Phi) is 4.07. The normalized spacial score (nSPS) is 10.9. The van der Waals surface area contributed by atoms with Gasteiger partial charge in [-0.2, -0.15) is 0 Å². The highest BCUT2D eigenvalue weighted by molar-refractivity contribution is 9.11. The molecule has 0 N–H and O–H groups in total. The van der Waals surface area contributed by atoms with Gasteiger partial charge in [-0.25, -0.2) is 0 Å². The Morgan fingerprint density at radius 2 is 1.78 bits per heavy atom. The van der Waals surface area contributed by atoms with Crippen molar-refractivity contribution in [3.8, 4) is 11.3 Å². The molecule has 0 bridgehead atoms. The average molecular weight is 372 g/mol. The zero-order chi connectivity index (χ0) is 13.3. The Hall–Kier alpha value is -0.870. The minimum atomic E-state index is 0.330. The van der Waals surface area contributed by atoms with Gasteiger partial charge in [0.2, 0.25) is 0 Å². The van der Waals surface area contributed by atoms with Gasteiger partial charge in [-0.05, 0) is 67.6 Å². The van der Waals surface area contributed by atoms with Gasteiger partial charge < -0.3 is 4.42 Å². The predicted molar refractivity (Wildman–Crippen MR) is 79.0 cm³/mol. The molecule has 1 heterocycles. The maximum absolute atomic E-state index is 10.6. The minimum absolute atomic E-state index is 0.330. The number of carbonyl (C=O) groups is 1. The molecule has 18 heavy (non-hydrogen) atoms. The Balaban J connectivity index is 2.54. The highest BCUT2D eigenvalue weighted by atomic mass is 79.9. The van der Waals surface area contributed by atoms with Crippen LogP contribution in [0.3, 0.4) is 0 Å². The van der Waals surface area contributed by atoms with Crippen molar-refractivity contribution >= 4 is 38.1 Å². The van der Waals surface area contributed by atoms with Crippen LogP contribution in [0.4, 0.5) is 0 Å². The number of rotatable bonds is 3. The summed E-state index contributed by atoms with van der Waals surface area (Å²) >= 11 is 7.11. The van der Waals surface area contributed by atoms with Crippen molar-refractivity contribution in [1.82, 2.24) is 0 Å². The maximum atomic E-state index is 10.6. The Bertz CT molecular complexity index is 562. The zero-order valence-corrected chi connectivity index (χ0v) is 13.2. The van der Waals surface area contributed by atoms with Crippen molar-refractivity contribution in [3.05, 3.63) is 44.5 Å². The summed E-state index contributed by atoms with van der Waals surface area (Å²) < 4.78 is 7.36. The molecular weight excluding hydrogens is 360 g/mol. The Morgan fingerprint density at radius 1 is 1.17 bits per heavy atom. The van der Waals surface area contributed by atoms with E-state index in [1.165, 1.54) is 5.56 Å². The second-order valence-electron chi connectivity index (χ2n) is 4.33.